The molecule has 4 bridgehead atoms. The van der Waals surface area contributed by atoms with E-state index in [2.05, 4.69) is 25.7 Å². The second kappa shape index (κ2) is 6.86. The first-order chi connectivity index (χ1) is 12.0. The number of fused-ring (bicyclic) bond motifs is 9. The third kappa shape index (κ3) is 2.56. The highest BCUT2D eigenvalue weighted by atomic mass is 16.5. The van der Waals surface area contributed by atoms with E-state index in [1.165, 1.54) is 6.42 Å². The molecule has 2 aliphatic heterocycles. The van der Waals surface area contributed by atoms with Crippen LogP contribution in [0, 0.1) is 59.2 Å². The highest BCUT2D eigenvalue weighted by molar-refractivity contribution is 5.86. The zero-order chi connectivity index (χ0) is 17.9. The number of carbonyl (C=O) groups excluding carboxylic acids is 1. The van der Waals surface area contributed by atoms with Crippen LogP contribution in [0.25, 0.3) is 0 Å². The summed E-state index contributed by atoms with van der Waals surface area (Å²) in [5.41, 5.74) is 0. The third-order valence-corrected chi connectivity index (χ3v) is 7.39. The van der Waals surface area contributed by atoms with Crippen LogP contribution in [-0.4, -0.2) is 41.3 Å². The molecule has 10 unspecified atom stereocenters. The second-order valence-corrected chi connectivity index (χ2v) is 8.30. The molecule has 0 amide bonds. The fourth-order valence-corrected chi connectivity index (χ4v) is 6.35. The Morgan fingerprint density at radius 3 is 2.35 bits per heavy atom. The van der Waals surface area contributed by atoms with Crippen molar-refractivity contribution < 1.29 is 29.6 Å². The van der Waals surface area contributed by atoms with Crippen LogP contribution in [-0.2, 0) is 19.1 Å². The van der Waals surface area contributed by atoms with E-state index in [9.17, 15) is 9.59 Å². The summed E-state index contributed by atoms with van der Waals surface area (Å²) in [6.07, 6.45) is 1.71. The van der Waals surface area contributed by atoms with Gasteiger partial charge in [-0.15, -0.1) is 0 Å². The van der Waals surface area contributed by atoms with Crippen molar-refractivity contribution in [3.8, 4) is 11.8 Å². The highest BCUT2D eigenvalue weighted by Gasteiger charge is 2.71. The molecule has 0 spiro atoms. The van der Waals surface area contributed by atoms with Gasteiger partial charge in [0.15, 0.2) is 0 Å². The van der Waals surface area contributed by atoms with Gasteiger partial charge in [-0.2, -0.15) is 0 Å². The summed E-state index contributed by atoms with van der Waals surface area (Å²) < 4.78 is 11.7. The van der Waals surface area contributed by atoms with Crippen molar-refractivity contribution in [3.63, 3.8) is 0 Å². The minimum absolute atomic E-state index is 0. The minimum atomic E-state index is -1.16. The monoisotopic (exact) mass is 364 g/mol. The number of carboxylic acids is 1. The quantitative estimate of drug-likeness (QED) is 0.602. The molecule has 0 aromatic heterocycles. The van der Waals surface area contributed by atoms with Crippen molar-refractivity contribution in [2.24, 2.45) is 47.3 Å². The first-order valence-corrected chi connectivity index (χ1v) is 9.52. The summed E-state index contributed by atoms with van der Waals surface area (Å²) in [4.78, 5) is 23.6. The van der Waals surface area contributed by atoms with Crippen LogP contribution in [0.4, 0.5) is 0 Å². The van der Waals surface area contributed by atoms with Gasteiger partial charge in [0.1, 0.15) is 0 Å². The van der Waals surface area contributed by atoms with Crippen LogP contribution in [0.1, 0.15) is 33.6 Å². The molecular weight excluding hydrogens is 336 g/mol. The van der Waals surface area contributed by atoms with Crippen LogP contribution in [0.5, 0.6) is 0 Å². The van der Waals surface area contributed by atoms with Gasteiger partial charge in [0.25, 0.3) is 0 Å². The number of aliphatic carboxylic acids is 1. The minimum Gasteiger partial charge on any atom is -0.472 e. The predicted octanol–water partition coefficient (Wildman–Crippen LogP) is 1.37. The van der Waals surface area contributed by atoms with Crippen molar-refractivity contribution >= 4 is 11.9 Å². The van der Waals surface area contributed by atoms with Gasteiger partial charge >= 0.3 is 11.9 Å². The van der Waals surface area contributed by atoms with Crippen LogP contribution >= 0.6 is 0 Å². The molecular formula is C20H28O6. The van der Waals surface area contributed by atoms with Gasteiger partial charge < -0.3 is 20.1 Å². The molecule has 0 aromatic carbocycles. The van der Waals surface area contributed by atoms with E-state index in [0.29, 0.717) is 42.1 Å². The summed E-state index contributed by atoms with van der Waals surface area (Å²) in [6.45, 7) is 6.99. The largest absolute Gasteiger partial charge is 0.472 e. The molecule has 6 nitrogen and oxygen atoms in total. The SMILES string of the molecule is CCCOC(=O)C1C(C#CC(=O)O)C2OC1C1C3CC(C(C)C3C)C21.O. The average molecular weight is 364 g/mol. The summed E-state index contributed by atoms with van der Waals surface area (Å²) in [5.74, 6) is 6.23. The maximum Gasteiger partial charge on any atom is 0.381 e. The molecule has 26 heavy (non-hydrogen) atoms. The van der Waals surface area contributed by atoms with Gasteiger partial charge in [0.2, 0.25) is 0 Å². The smallest absolute Gasteiger partial charge is 0.381 e. The molecule has 4 aliphatic rings. The van der Waals surface area contributed by atoms with Gasteiger partial charge in [-0.1, -0.05) is 26.7 Å². The Labute approximate surface area is 153 Å². The predicted molar refractivity (Wildman–Crippen MR) is 92.8 cm³/mol. The summed E-state index contributed by atoms with van der Waals surface area (Å²) in [6, 6.07) is 0. The van der Waals surface area contributed by atoms with Crippen LogP contribution in [0.2, 0.25) is 0 Å². The lowest BCUT2D eigenvalue weighted by Gasteiger charge is -2.42. The Morgan fingerprint density at radius 1 is 1.15 bits per heavy atom. The average Bonchev–Trinajstić information content (AvgIpc) is 3.29. The van der Waals surface area contributed by atoms with Crippen LogP contribution in [0.3, 0.4) is 0 Å². The summed E-state index contributed by atoms with van der Waals surface area (Å²) in [7, 11) is 0. The molecule has 0 radical (unpaired) electrons. The van der Waals surface area contributed by atoms with Crippen molar-refractivity contribution in [1.82, 2.24) is 0 Å². The van der Waals surface area contributed by atoms with E-state index in [0.717, 1.165) is 6.42 Å². The Kier molecular flexibility index (Phi) is 5.06. The third-order valence-electron chi connectivity index (χ3n) is 7.39. The molecule has 2 saturated heterocycles. The zero-order valence-corrected chi connectivity index (χ0v) is 15.5. The number of carboxylic acid groups (broad SMARTS) is 1. The maximum atomic E-state index is 12.7. The van der Waals surface area contributed by atoms with Gasteiger partial charge in [-0.25, -0.2) is 4.79 Å². The molecule has 0 aromatic rings. The number of hydrogen-bond acceptors (Lipinski definition) is 4. The molecule has 2 aliphatic carbocycles. The molecule has 4 fully saturated rings. The number of ether oxygens (including phenoxy) is 2. The summed E-state index contributed by atoms with van der Waals surface area (Å²) in [5, 5.41) is 8.95. The molecule has 144 valence electrons. The maximum absolute atomic E-state index is 12.7. The van der Waals surface area contributed by atoms with Gasteiger partial charge in [-0.3, -0.25) is 4.79 Å². The van der Waals surface area contributed by atoms with E-state index >= 15 is 0 Å². The molecule has 2 heterocycles. The lowest BCUT2D eigenvalue weighted by atomic mass is 9.59. The van der Waals surface area contributed by atoms with E-state index < -0.39 is 11.9 Å². The molecule has 6 heteroatoms. The number of carbonyl (C=O) groups is 2. The molecule has 3 N–H and O–H groups in total. The van der Waals surface area contributed by atoms with E-state index in [-0.39, 0.29) is 29.6 Å². The Morgan fingerprint density at radius 2 is 1.77 bits per heavy atom. The van der Waals surface area contributed by atoms with Crippen molar-refractivity contribution in [3.05, 3.63) is 0 Å². The van der Waals surface area contributed by atoms with Gasteiger partial charge in [0.05, 0.1) is 30.7 Å². The first kappa shape index (κ1) is 19.2. The Hall–Kier alpha value is -1.58. The van der Waals surface area contributed by atoms with Crippen molar-refractivity contribution in [2.75, 3.05) is 6.61 Å². The number of esters is 1. The fourth-order valence-electron chi connectivity index (χ4n) is 6.35. The fraction of sp³-hybridized carbons (Fsp3) is 0.800. The Bertz CT molecular complexity index is 648. The molecule has 4 rings (SSSR count). The van der Waals surface area contributed by atoms with E-state index in [1.807, 2.05) is 6.92 Å². The van der Waals surface area contributed by atoms with E-state index in [1.54, 1.807) is 0 Å². The van der Waals surface area contributed by atoms with Gasteiger partial charge in [0, 0.05) is 5.92 Å². The first-order valence-electron chi connectivity index (χ1n) is 9.52. The van der Waals surface area contributed by atoms with E-state index in [4.69, 9.17) is 14.6 Å². The standard InChI is InChI=1S/C20H26O5.H2O/c1-4-7-24-20(23)17-11(5-6-14(21)22)18-15-12-8-13(10(3)9(12)2)16(15)19(17)25-18;/h9-13,15-19H,4,7-8H2,1-3H3,(H,21,22);1H2. The molecule has 10 atom stereocenters. The number of rotatable bonds is 3. The lowest BCUT2D eigenvalue weighted by Crippen LogP contribution is -2.48. The lowest BCUT2D eigenvalue weighted by molar-refractivity contribution is -0.153. The van der Waals surface area contributed by atoms with Crippen LogP contribution < -0.4 is 0 Å². The van der Waals surface area contributed by atoms with Gasteiger partial charge in [-0.05, 0) is 48.3 Å². The normalized spacial score (nSPS) is 46.9. The zero-order valence-electron chi connectivity index (χ0n) is 15.5. The topological polar surface area (TPSA) is 104 Å². The second-order valence-electron chi connectivity index (χ2n) is 8.30. The van der Waals surface area contributed by atoms with Crippen LogP contribution in [0.15, 0.2) is 0 Å². The molecule has 2 saturated carbocycles. The Balaban J connectivity index is 0.00000196. The summed E-state index contributed by atoms with van der Waals surface area (Å²) >= 11 is 0. The highest BCUT2D eigenvalue weighted by Crippen LogP contribution is 2.68. The van der Waals surface area contributed by atoms with Crippen molar-refractivity contribution in [1.29, 1.82) is 0 Å². The number of hydrogen-bond donors (Lipinski definition) is 1. The van der Waals surface area contributed by atoms with Crippen molar-refractivity contribution in [2.45, 2.75) is 45.8 Å².